The Morgan fingerprint density at radius 2 is 2.50 bits per heavy atom. The van der Waals surface area contributed by atoms with Crippen molar-refractivity contribution in [1.29, 1.82) is 0 Å². The van der Waals surface area contributed by atoms with Crippen LogP contribution in [0, 0.1) is 6.42 Å². The van der Waals surface area contributed by atoms with Crippen LogP contribution in [0.5, 0.6) is 0 Å². The van der Waals surface area contributed by atoms with Gasteiger partial charge in [-0.2, -0.15) is 11.8 Å². The monoisotopic (exact) mass is 129 g/mol. The fourth-order valence-corrected chi connectivity index (χ4v) is 1.22. The third-order valence-electron chi connectivity index (χ3n) is 1.35. The van der Waals surface area contributed by atoms with Gasteiger partial charge in [0.2, 0.25) is 0 Å². The lowest BCUT2D eigenvalue weighted by Crippen LogP contribution is -1.83. The highest BCUT2D eigenvalue weighted by Crippen LogP contribution is 2.33. The maximum atomic E-state index is 2.45. The molecule has 1 fully saturated rings. The quantitative estimate of drug-likeness (QED) is 0.415. The van der Waals surface area contributed by atoms with Gasteiger partial charge in [0.1, 0.15) is 0 Å². The second kappa shape index (κ2) is 3.39. The van der Waals surface area contributed by atoms with E-state index in [9.17, 15) is 0 Å². The molecule has 1 unspecified atom stereocenters. The Bertz CT molecular complexity index is 57.4. The summed E-state index contributed by atoms with van der Waals surface area (Å²) in [5.74, 6) is 1.39. The first-order chi connectivity index (χ1) is 3.93. The van der Waals surface area contributed by atoms with Crippen LogP contribution >= 0.6 is 11.8 Å². The highest BCUT2D eigenvalue weighted by Gasteiger charge is 2.20. The summed E-state index contributed by atoms with van der Waals surface area (Å²) in [6, 6.07) is 0. The number of hydrogen-bond donors (Lipinski definition) is 0. The summed E-state index contributed by atoms with van der Waals surface area (Å²) >= 11 is 2.06. The van der Waals surface area contributed by atoms with Gasteiger partial charge in [0.25, 0.3) is 0 Å². The number of hydrogen-bond acceptors (Lipinski definition) is 1. The molecule has 0 aliphatic carbocycles. The molecular weight excluding hydrogens is 116 g/mol. The van der Waals surface area contributed by atoms with E-state index in [4.69, 9.17) is 0 Å². The Kier molecular flexibility index (Phi) is 2.74. The summed E-state index contributed by atoms with van der Waals surface area (Å²) in [5, 5.41) is 0.946. The Hall–Kier alpha value is 0.350. The molecule has 0 saturated carbocycles. The Morgan fingerprint density at radius 3 is 3.00 bits per heavy atom. The fourth-order valence-electron chi connectivity index (χ4n) is 0.700. The van der Waals surface area contributed by atoms with E-state index < -0.39 is 0 Å². The van der Waals surface area contributed by atoms with E-state index in [1.54, 1.807) is 0 Å². The van der Waals surface area contributed by atoms with Crippen molar-refractivity contribution in [3.63, 3.8) is 0 Å². The molecule has 0 spiro atoms. The normalized spacial score (nSPS) is 25.9. The van der Waals surface area contributed by atoms with Crippen LogP contribution in [0.1, 0.15) is 26.2 Å². The second-order valence-corrected chi connectivity index (χ2v) is 3.52. The van der Waals surface area contributed by atoms with Crippen molar-refractivity contribution in [2.75, 3.05) is 5.75 Å². The molecule has 1 heterocycles. The molecule has 0 aromatic rings. The molecule has 0 bridgehead atoms. The van der Waals surface area contributed by atoms with E-state index in [1.165, 1.54) is 25.0 Å². The molecule has 8 heavy (non-hydrogen) atoms. The molecule has 1 atom stereocenters. The minimum atomic E-state index is 0.946. The number of unbranched alkanes of at least 4 members (excludes halogenated alkanes) is 2. The lowest BCUT2D eigenvalue weighted by Gasteiger charge is -1.91. The minimum absolute atomic E-state index is 0.946. The van der Waals surface area contributed by atoms with Gasteiger partial charge in [-0.15, -0.1) is 0 Å². The average molecular weight is 129 g/mol. The molecule has 1 radical (unpaired) electrons. The molecule has 0 amide bonds. The summed E-state index contributed by atoms with van der Waals surface area (Å²) in [7, 11) is 0. The van der Waals surface area contributed by atoms with Gasteiger partial charge in [-0.3, -0.25) is 0 Å². The van der Waals surface area contributed by atoms with Crippen molar-refractivity contribution >= 4 is 11.8 Å². The van der Waals surface area contributed by atoms with Crippen LogP contribution in [0.4, 0.5) is 0 Å². The molecule has 0 aromatic carbocycles. The van der Waals surface area contributed by atoms with Crippen LogP contribution in [-0.4, -0.2) is 11.0 Å². The van der Waals surface area contributed by atoms with Crippen molar-refractivity contribution in [2.45, 2.75) is 31.4 Å². The molecule has 1 heteroatoms. The fraction of sp³-hybridized carbons (Fsp3) is 0.857. The first-order valence-electron chi connectivity index (χ1n) is 3.38. The van der Waals surface area contributed by atoms with Crippen molar-refractivity contribution in [3.05, 3.63) is 6.42 Å². The summed E-state index contributed by atoms with van der Waals surface area (Å²) in [6.45, 7) is 2.24. The van der Waals surface area contributed by atoms with Crippen LogP contribution in [0.25, 0.3) is 0 Å². The van der Waals surface area contributed by atoms with Crippen LogP contribution in [-0.2, 0) is 0 Å². The van der Waals surface area contributed by atoms with E-state index in [-0.39, 0.29) is 0 Å². The zero-order valence-corrected chi connectivity index (χ0v) is 6.21. The summed E-state index contributed by atoms with van der Waals surface area (Å²) in [5.41, 5.74) is 0. The Labute approximate surface area is 56.0 Å². The van der Waals surface area contributed by atoms with Gasteiger partial charge < -0.3 is 0 Å². The third-order valence-corrected chi connectivity index (χ3v) is 2.26. The molecule has 0 N–H and O–H groups in total. The van der Waals surface area contributed by atoms with Gasteiger partial charge in [-0.25, -0.2) is 0 Å². The maximum absolute atomic E-state index is 2.45. The molecule has 1 saturated heterocycles. The van der Waals surface area contributed by atoms with Crippen molar-refractivity contribution in [1.82, 2.24) is 0 Å². The molecular formula is C7H13S. The SMILES string of the molecule is CCCC[CH]C1CS1. The molecule has 1 aliphatic heterocycles. The van der Waals surface area contributed by atoms with Crippen molar-refractivity contribution < 1.29 is 0 Å². The molecule has 0 aromatic heterocycles. The van der Waals surface area contributed by atoms with Crippen molar-refractivity contribution in [2.24, 2.45) is 0 Å². The standard InChI is InChI=1S/C7H13S/c1-2-3-4-5-7-6-8-7/h5,7H,2-4,6H2,1H3. The predicted molar refractivity (Wildman–Crippen MR) is 40.1 cm³/mol. The van der Waals surface area contributed by atoms with Crippen LogP contribution in [0.3, 0.4) is 0 Å². The summed E-state index contributed by atoms with van der Waals surface area (Å²) in [4.78, 5) is 0. The van der Waals surface area contributed by atoms with E-state index >= 15 is 0 Å². The van der Waals surface area contributed by atoms with Gasteiger partial charge in [0.05, 0.1) is 0 Å². The zero-order chi connectivity index (χ0) is 5.82. The number of thioether (sulfide) groups is 1. The average Bonchev–Trinajstić information content (AvgIpc) is 2.51. The van der Waals surface area contributed by atoms with Gasteiger partial charge >= 0.3 is 0 Å². The molecule has 47 valence electrons. The molecule has 0 nitrogen and oxygen atoms in total. The van der Waals surface area contributed by atoms with Gasteiger partial charge in [-0.05, 0) is 12.8 Å². The van der Waals surface area contributed by atoms with Gasteiger partial charge in [0, 0.05) is 11.0 Å². The lowest BCUT2D eigenvalue weighted by molar-refractivity contribution is 0.774. The van der Waals surface area contributed by atoms with E-state index in [1.807, 2.05) is 0 Å². The lowest BCUT2D eigenvalue weighted by atomic mass is 10.2. The third kappa shape index (κ3) is 2.61. The highest BCUT2D eigenvalue weighted by atomic mass is 32.2. The van der Waals surface area contributed by atoms with E-state index in [2.05, 4.69) is 25.1 Å². The van der Waals surface area contributed by atoms with Crippen LogP contribution in [0.15, 0.2) is 0 Å². The number of rotatable bonds is 4. The van der Waals surface area contributed by atoms with Crippen LogP contribution < -0.4 is 0 Å². The molecule has 1 aliphatic rings. The van der Waals surface area contributed by atoms with Crippen molar-refractivity contribution in [3.8, 4) is 0 Å². The Balaban J connectivity index is 1.74. The molecule has 1 rings (SSSR count). The summed E-state index contributed by atoms with van der Waals surface area (Å²) in [6.07, 6.45) is 6.52. The zero-order valence-electron chi connectivity index (χ0n) is 5.39. The minimum Gasteiger partial charge on any atom is -0.156 e. The van der Waals surface area contributed by atoms with E-state index in [0.29, 0.717) is 0 Å². The summed E-state index contributed by atoms with van der Waals surface area (Å²) < 4.78 is 0. The van der Waals surface area contributed by atoms with Crippen LogP contribution in [0.2, 0.25) is 0 Å². The van der Waals surface area contributed by atoms with Gasteiger partial charge in [0.15, 0.2) is 0 Å². The predicted octanol–water partition coefficient (Wildman–Crippen LogP) is 2.50. The second-order valence-electron chi connectivity index (χ2n) is 2.25. The van der Waals surface area contributed by atoms with Gasteiger partial charge in [-0.1, -0.05) is 19.8 Å². The van der Waals surface area contributed by atoms with E-state index in [0.717, 1.165) is 5.25 Å². The first-order valence-corrected chi connectivity index (χ1v) is 4.43. The smallest absolute Gasteiger partial charge is 0.0169 e. The largest absolute Gasteiger partial charge is 0.156 e. The highest BCUT2D eigenvalue weighted by molar-refractivity contribution is 8.07. The first kappa shape index (κ1) is 6.47. The maximum Gasteiger partial charge on any atom is 0.0169 e. The Morgan fingerprint density at radius 1 is 1.75 bits per heavy atom. The topological polar surface area (TPSA) is 0 Å².